The quantitative estimate of drug-likeness (QED) is 0.555. The van der Waals surface area contributed by atoms with Crippen molar-refractivity contribution in [2.24, 2.45) is 0 Å². The molecule has 0 aliphatic rings. The lowest BCUT2D eigenvalue weighted by Crippen LogP contribution is -2.29. The Morgan fingerprint density at radius 2 is 1.59 bits per heavy atom. The number of anilines is 2. The first-order valence-electron chi connectivity index (χ1n) is 5.22. The van der Waals surface area contributed by atoms with Gasteiger partial charge in [0.15, 0.2) is 0 Å². The summed E-state index contributed by atoms with van der Waals surface area (Å²) >= 11 is 0. The number of carbonyl (C=O) groups excluding carboxylic acids is 1. The van der Waals surface area contributed by atoms with Crippen LogP contribution in [0.2, 0.25) is 0 Å². The number of nitrogens with one attached hydrogen (secondary N) is 2. The van der Waals surface area contributed by atoms with Crippen LogP contribution >= 0.6 is 0 Å². The summed E-state index contributed by atoms with van der Waals surface area (Å²) in [6.45, 7) is 0. The zero-order chi connectivity index (χ0) is 12.1. The van der Waals surface area contributed by atoms with Crippen molar-refractivity contribution in [2.45, 2.75) is 0 Å². The highest BCUT2D eigenvalue weighted by atomic mass is 16.2. The summed E-state index contributed by atoms with van der Waals surface area (Å²) in [6, 6.07) is 16.1. The van der Waals surface area contributed by atoms with Gasteiger partial charge in [0, 0.05) is 11.3 Å². The van der Waals surface area contributed by atoms with Gasteiger partial charge in [-0.2, -0.15) is 0 Å². The van der Waals surface area contributed by atoms with Crippen molar-refractivity contribution in [2.75, 3.05) is 11.2 Å². The van der Waals surface area contributed by atoms with Crippen LogP contribution in [0.4, 0.5) is 11.4 Å². The zero-order valence-corrected chi connectivity index (χ0v) is 9.18. The SMILES string of the molecule is Nc1ccc(NNC(=O)c2ccccc2)cc1. The lowest BCUT2D eigenvalue weighted by Gasteiger charge is -2.08. The average molecular weight is 227 g/mol. The number of nitrogens with two attached hydrogens (primary N) is 1. The van der Waals surface area contributed by atoms with E-state index in [1.54, 1.807) is 36.4 Å². The average Bonchev–Trinajstić information content (AvgIpc) is 2.39. The number of hydrogen-bond acceptors (Lipinski definition) is 3. The Bertz CT molecular complexity index is 494. The van der Waals surface area contributed by atoms with Gasteiger partial charge in [0.1, 0.15) is 0 Å². The second kappa shape index (κ2) is 5.03. The van der Waals surface area contributed by atoms with Gasteiger partial charge >= 0.3 is 0 Å². The third-order valence-corrected chi connectivity index (χ3v) is 2.27. The predicted molar refractivity (Wildman–Crippen MR) is 68.4 cm³/mol. The highest BCUT2D eigenvalue weighted by molar-refractivity contribution is 5.94. The van der Waals surface area contributed by atoms with E-state index in [1.807, 2.05) is 18.2 Å². The van der Waals surface area contributed by atoms with Crippen molar-refractivity contribution in [1.29, 1.82) is 0 Å². The second-order valence-corrected chi connectivity index (χ2v) is 3.57. The molecule has 2 aromatic rings. The van der Waals surface area contributed by atoms with Crippen LogP contribution in [-0.2, 0) is 0 Å². The van der Waals surface area contributed by atoms with E-state index in [2.05, 4.69) is 10.9 Å². The van der Waals surface area contributed by atoms with E-state index in [0.29, 0.717) is 11.3 Å². The number of hydrogen-bond donors (Lipinski definition) is 3. The topological polar surface area (TPSA) is 67.2 Å². The number of nitrogen functional groups attached to an aromatic ring is 1. The minimum absolute atomic E-state index is 0.178. The Balaban J connectivity index is 1.95. The van der Waals surface area contributed by atoms with Gasteiger partial charge in [0.05, 0.1) is 5.69 Å². The summed E-state index contributed by atoms with van der Waals surface area (Å²) in [6.07, 6.45) is 0. The van der Waals surface area contributed by atoms with E-state index in [1.165, 1.54) is 0 Å². The molecule has 1 amide bonds. The van der Waals surface area contributed by atoms with Gasteiger partial charge < -0.3 is 5.73 Å². The molecule has 0 atom stereocenters. The first-order valence-corrected chi connectivity index (χ1v) is 5.22. The van der Waals surface area contributed by atoms with E-state index in [0.717, 1.165) is 5.69 Å². The first kappa shape index (κ1) is 11.0. The fourth-order valence-corrected chi connectivity index (χ4v) is 1.36. The van der Waals surface area contributed by atoms with E-state index in [-0.39, 0.29) is 5.91 Å². The number of amides is 1. The highest BCUT2D eigenvalue weighted by Gasteiger charge is 2.02. The van der Waals surface area contributed by atoms with Gasteiger partial charge in [-0.3, -0.25) is 15.6 Å². The van der Waals surface area contributed by atoms with Crippen molar-refractivity contribution < 1.29 is 4.79 Å². The molecule has 0 unspecified atom stereocenters. The van der Waals surface area contributed by atoms with Crippen LogP contribution in [0.1, 0.15) is 10.4 Å². The first-order chi connectivity index (χ1) is 8.25. The number of rotatable bonds is 3. The van der Waals surface area contributed by atoms with Crippen LogP contribution < -0.4 is 16.6 Å². The minimum Gasteiger partial charge on any atom is -0.399 e. The lowest BCUT2D eigenvalue weighted by molar-refractivity contribution is 0.0962. The molecular formula is C13H13N3O. The van der Waals surface area contributed by atoms with Crippen molar-refractivity contribution in [1.82, 2.24) is 5.43 Å². The Morgan fingerprint density at radius 3 is 2.24 bits per heavy atom. The number of benzene rings is 2. The largest absolute Gasteiger partial charge is 0.399 e. The molecule has 0 bridgehead atoms. The fraction of sp³-hybridized carbons (Fsp3) is 0. The van der Waals surface area contributed by atoms with Gasteiger partial charge in [0.25, 0.3) is 5.91 Å². The van der Waals surface area contributed by atoms with Crippen LogP contribution in [0.15, 0.2) is 54.6 Å². The number of carbonyl (C=O) groups is 1. The van der Waals surface area contributed by atoms with Gasteiger partial charge in [-0.15, -0.1) is 0 Å². The summed E-state index contributed by atoms with van der Waals surface area (Å²) < 4.78 is 0. The molecule has 0 saturated heterocycles. The summed E-state index contributed by atoms with van der Waals surface area (Å²) in [7, 11) is 0. The Labute approximate surface area is 99.4 Å². The van der Waals surface area contributed by atoms with E-state index >= 15 is 0 Å². The molecular weight excluding hydrogens is 214 g/mol. The van der Waals surface area contributed by atoms with Crippen molar-refractivity contribution in [3.8, 4) is 0 Å². The van der Waals surface area contributed by atoms with E-state index in [9.17, 15) is 4.79 Å². The molecule has 2 aromatic carbocycles. The molecule has 0 aromatic heterocycles. The lowest BCUT2D eigenvalue weighted by atomic mass is 10.2. The van der Waals surface area contributed by atoms with Crippen LogP contribution in [0, 0.1) is 0 Å². The molecule has 4 nitrogen and oxygen atoms in total. The smallest absolute Gasteiger partial charge is 0.269 e. The summed E-state index contributed by atoms with van der Waals surface area (Å²) in [5, 5.41) is 0. The maximum Gasteiger partial charge on any atom is 0.269 e. The Hall–Kier alpha value is -2.49. The normalized spacial score (nSPS) is 9.65. The molecule has 0 fully saturated rings. The van der Waals surface area contributed by atoms with Crippen LogP contribution in [0.3, 0.4) is 0 Å². The van der Waals surface area contributed by atoms with Crippen LogP contribution in [-0.4, -0.2) is 5.91 Å². The maximum atomic E-state index is 11.7. The molecule has 0 aliphatic heterocycles. The van der Waals surface area contributed by atoms with Crippen molar-refractivity contribution in [3.63, 3.8) is 0 Å². The molecule has 0 aliphatic carbocycles. The standard InChI is InChI=1S/C13H13N3O/c14-11-6-8-12(9-7-11)15-16-13(17)10-4-2-1-3-5-10/h1-9,15H,14H2,(H,16,17). The van der Waals surface area contributed by atoms with Gasteiger partial charge in [-0.1, -0.05) is 18.2 Å². The van der Waals surface area contributed by atoms with Crippen LogP contribution in [0.25, 0.3) is 0 Å². The van der Waals surface area contributed by atoms with E-state index in [4.69, 9.17) is 5.73 Å². The summed E-state index contributed by atoms with van der Waals surface area (Å²) in [5.74, 6) is -0.178. The molecule has 4 N–H and O–H groups in total. The molecule has 0 saturated carbocycles. The summed E-state index contributed by atoms with van der Waals surface area (Å²) in [4.78, 5) is 11.7. The molecule has 17 heavy (non-hydrogen) atoms. The third-order valence-electron chi connectivity index (χ3n) is 2.27. The highest BCUT2D eigenvalue weighted by Crippen LogP contribution is 2.09. The molecule has 0 heterocycles. The minimum atomic E-state index is -0.178. The zero-order valence-electron chi connectivity index (χ0n) is 9.18. The molecule has 2 rings (SSSR count). The fourth-order valence-electron chi connectivity index (χ4n) is 1.36. The van der Waals surface area contributed by atoms with E-state index < -0.39 is 0 Å². The Kier molecular flexibility index (Phi) is 3.25. The van der Waals surface area contributed by atoms with Gasteiger partial charge in [-0.25, -0.2) is 0 Å². The van der Waals surface area contributed by atoms with Gasteiger partial charge in [-0.05, 0) is 36.4 Å². The molecule has 86 valence electrons. The molecule has 4 heteroatoms. The second-order valence-electron chi connectivity index (χ2n) is 3.57. The molecule has 0 spiro atoms. The van der Waals surface area contributed by atoms with Crippen LogP contribution in [0.5, 0.6) is 0 Å². The third kappa shape index (κ3) is 2.98. The molecule has 0 radical (unpaired) electrons. The Morgan fingerprint density at radius 1 is 0.941 bits per heavy atom. The van der Waals surface area contributed by atoms with Gasteiger partial charge in [0.2, 0.25) is 0 Å². The van der Waals surface area contributed by atoms with Crippen molar-refractivity contribution >= 4 is 17.3 Å². The monoisotopic (exact) mass is 227 g/mol. The predicted octanol–water partition coefficient (Wildman–Crippen LogP) is 2.03. The number of hydrazine groups is 1. The maximum absolute atomic E-state index is 11.7. The summed E-state index contributed by atoms with van der Waals surface area (Å²) in [5.41, 5.74) is 13.1. The van der Waals surface area contributed by atoms with Crippen molar-refractivity contribution in [3.05, 3.63) is 60.2 Å².